The van der Waals surface area contributed by atoms with Crippen molar-refractivity contribution in [2.45, 2.75) is 0 Å². The number of hydrogen-bond donors (Lipinski definition) is 0. The molecular formula is C56H35NOS. The highest BCUT2D eigenvalue weighted by molar-refractivity contribution is 7.25. The Hall–Kier alpha value is -7.46. The summed E-state index contributed by atoms with van der Waals surface area (Å²) in [6, 6.07) is 77.1. The van der Waals surface area contributed by atoms with E-state index in [1.54, 1.807) is 0 Å². The number of nitrogens with zero attached hydrogens (tertiary/aromatic N) is 1. The highest BCUT2D eigenvalue weighted by Crippen LogP contribution is 2.48. The van der Waals surface area contributed by atoms with Crippen LogP contribution >= 0.6 is 11.3 Å². The van der Waals surface area contributed by atoms with Crippen molar-refractivity contribution in [1.29, 1.82) is 0 Å². The maximum absolute atomic E-state index is 6.52. The number of fused-ring (bicyclic) bond motifs is 9. The lowest BCUT2D eigenvalue weighted by atomic mass is 9.91. The van der Waals surface area contributed by atoms with Crippen molar-refractivity contribution in [3.8, 4) is 33.4 Å². The second-order valence-corrected chi connectivity index (χ2v) is 16.3. The zero-order valence-corrected chi connectivity index (χ0v) is 32.8. The second-order valence-electron chi connectivity index (χ2n) is 15.2. The molecule has 12 rings (SSSR count). The molecule has 0 bridgehead atoms. The molecule has 12 aromatic rings. The molecule has 0 unspecified atom stereocenters. The largest absolute Gasteiger partial charge is 0.456 e. The number of rotatable bonds is 6. The minimum atomic E-state index is 0.861. The van der Waals surface area contributed by atoms with Gasteiger partial charge in [0.05, 0.1) is 16.8 Å². The molecule has 0 N–H and O–H groups in total. The van der Waals surface area contributed by atoms with E-state index in [1.165, 1.54) is 58.4 Å². The first kappa shape index (κ1) is 33.7. The first-order valence-electron chi connectivity index (χ1n) is 20.1. The molecule has 0 fully saturated rings. The fourth-order valence-electron chi connectivity index (χ4n) is 9.10. The molecule has 0 amide bonds. The van der Waals surface area contributed by atoms with Gasteiger partial charge in [0.1, 0.15) is 11.2 Å². The first-order valence-corrected chi connectivity index (χ1v) is 20.9. The topological polar surface area (TPSA) is 16.4 Å². The molecule has 0 atom stereocenters. The number of anilines is 3. The molecule has 59 heavy (non-hydrogen) atoms. The lowest BCUT2D eigenvalue weighted by Crippen LogP contribution is -2.12. The summed E-state index contributed by atoms with van der Waals surface area (Å²) in [6.07, 6.45) is 0. The monoisotopic (exact) mass is 769 g/mol. The molecule has 10 aromatic carbocycles. The van der Waals surface area contributed by atoms with E-state index >= 15 is 0 Å². The predicted octanol–water partition coefficient (Wildman–Crippen LogP) is 16.7. The Morgan fingerprint density at radius 3 is 1.86 bits per heavy atom. The van der Waals surface area contributed by atoms with Gasteiger partial charge in [-0.3, -0.25) is 0 Å². The highest BCUT2D eigenvalue weighted by Gasteiger charge is 2.23. The molecule has 0 spiro atoms. The Kier molecular flexibility index (Phi) is 7.75. The Labute approximate surface area is 345 Å². The summed E-state index contributed by atoms with van der Waals surface area (Å²) in [6.45, 7) is 0. The van der Waals surface area contributed by atoms with Gasteiger partial charge in [-0.1, -0.05) is 152 Å². The van der Waals surface area contributed by atoms with E-state index in [1.807, 2.05) is 17.4 Å². The van der Waals surface area contributed by atoms with Gasteiger partial charge in [-0.05, 0) is 110 Å². The van der Waals surface area contributed by atoms with Gasteiger partial charge in [0.2, 0.25) is 0 Å². The third-order valence-electron chi connectivity index (χ3n) is 11.9. The van der Waals surface area contributed by atoms with Crippen LogP contribution in [0.25, 0.3) is 97.0 Å². The maximum atomic E-state index is 6.52. The van der Waals surface area contributed by atoms with E-state index in [-0.39, 0.29) is 0 Å². The first-order chi connectivity index (χ1) is 29.2. The van der Waals surface area contributed by atoms with Crippen LogP contribution in [0, 0.1) is 0 Å². The van der Waals surface area contributed by atoms with Gasteiger partial charge in [0.25, 0.3) is 0 Å². The van der Waals surface area contributed by atoms with Gasteiger partial charge in [0.15, 0.2) is 0 Å². The number of benzene rings is 10. The van der Waals surface area contributed by atoms with Gasteiger partial charge in [-0.2, -0.15) is 0 Å². The molecular weight excluding hydrogens is 735 g/mol. The molecule has 0 aliphatic carbocycles. The minimum absolute atomic E-state index is 0.861. The van der Waals surface area contributed by atoms with Crippen LogP contribution in [0.4, 0.5) is 17.1 Å². The number of hydrogen-bond acceptors (Lipinski definition) is 3. The lowest BCUT2D eigenvalue weighted by Gasteiger charge is -2.29. The quantitative estimate of drug-likeness (QED) is 0.157. The van der Waals surface area contributed by atoms with Crippen LogP contribution in [0.15, 0.2) is 217 Å². The van der Waals surface area contributed by atoms with E-state index in [9.17, 15) is 0 Å². The average Bonchev–Trinajstić information content (AvgIpc) is 3.88. The van der Waals surface area contributed by atoms with Gasteiger partial charge in [-0.15, -0.1) is 11.3 Å². The van der Waals surface area contributed by atoms with Crippen LogP contribution in [0.1, 0.15) is 0 Å². The summed E-state index contributed by atoms with van der Waals surface area (Å²) >= 11 is 1.85. The van der Waals surface area contributed by atoms with Crippen LogP contribution in [0.3, 0.4) is 0 Å². The van der Waals surface area contributed by atoms with Crippen LogP contribution < -0.4 is 4.90 Å². The highest BCUT2D eigenvalue weighted by atomic mass is 32.1. The third-order valence-corrected chi connectivity index (χ3v) is 13.0. The van der Waals surface area contributed by atoms with Gasteiger partial charge >= 0.3 is 0 Å². The summed E-state index contributed by atoms with van der Waals surface area (Å²) in [5, 5.41) is 9.77. The summed E-state index contributed by atoms with van der Waals surface area (Å²) < 4.78 is 9.15. The second kappa shape index (κ2) is 13.6. The Morgan fingerprint density at radius 2 is 1.00 bits per heavy atom. The smallest absolute Gasteiger partial charge is 0.137 e. The molecule has 0 saturated carbocycles. The standard InChI is InChI=1S/C56H35NOS/c1-2-13-37(14-3-1)43-31-27-40(48-34-39-15-4-5-16-42(39)44-17-6-7-18-45(44)48)35-51(43)57(50-21-12-23-53-56(50)47-20-8-10-22-52(47)58-53)41-29-25-36(26-30-41)38-28-32-55-49(33-38)46-19-9-11-24-54(46)59-55/h1-35H. The molecule has 0 saturated heterocycles. The van der Waals surface area contributed by atoms with Crippen molar-refractivity contribution in [3.05, 3.63) is 212 Å². The van der Waals surface area contributed by atoms with Crippen LogP contribution in [-0.4, -0.2) is 0 Å². The van der Waals surface area contributed by atoms with Crippen LogP contribution in [0.2, 0.25) is 0 Å². The number of furan rings is 1. The normalized spacial score (nSPS) is 11.7. The Morgan fingerprint density at radius 1 is 0.339 bits per heavy atom. The van der Waals surface area contributed by atoms with Crippen LogP contribution in [-0.2, 0) is 0 Å². The van der Waals surface area contributed by atoms with Crippen molar-refractivity contribution in [2.75, 3.05) is 4.90 Å². The Bertz CT molecular complexity index is 3560. The molecule has 0 aliphatic rings. The van der Waals surface area contributed by atoms with Crippen molar-refractivity contribution in [2.24, 2.45) is 0 Å². The molecule has 0 radical (unpaired) electrons. The zero-order chi connectivity index (χ0) is 38.9. The molecule has 2 heterocycles. The van der Waals surface area contributed by atoms with E-state index < -0.39 is 0 Å². The summed E-state index contributed by atoms with van der Waals surface area (Å²) in [4.78, 5) is 2.44. The SMILES string of the molecule is c1ccc(-c2ccc(-c3cc4ccccc4c4ccccc34)cc2N(c2ccc(-c3ccc4sc5ccccc5c4c3)cc2)c2cccc3oc4ccccc4c23)cc1. The molecule has 3 heteroatoms. The van der Waals surface area contributed by atoms with E-state index in [2.05, 4.69) is 211 Å². The zero-order valence-electron chi connectivity index (χ0n) is 32.0. The summed E-state index contributed by atoms with van der Waals surface area (Å²) in [7, 11) is 0. The van der Waals surface area contributed by atoms with Crippen molar-refractivity contribution in [3.63, 3.8) is 0 Å². The maximum Gasteiger partial charge on any atom is 0.137 e. The lowest BCUT2D eigenvalue weighted by molar-refractivity contribution is 0.669. The number of thiophene rings is 1. The van der Waals surface area contributed by atoms with E-state index in [0.29, 0.717) is 0 Å². The minimum Gasteiger partial charge on any atom is -0.456 e. The van der Waals surface area contributed by atoms with Crippen LogP contribution in [0.5, 0.6) is 0 Å². The fraction of sp³-hybridized carbons (Fsp3) is 0. The number of para-hydroxylation sites is 1. The Balaban J connectivity index is 1.11. The van der Waals surface area contributed by atoms with Gasteiger partial charge in [-0.25, -0.2) is 0 Å². The predicted molar refractivity (Wildman–Crippen MR) is 253 cm³/mol. The van der Waals surface area contributed by atoms with Crippen molar-refractivity contribution < 1.29 is 4.42 Å². The van der Waals surface area contributed by atoms with Crippen molar-refractivity contribution in [1.82, 2.24) is 0 Å². The van der Waals surface area contributed by atoms with Crippen molar-refractivity contribution >= 4 is 92.1 Å². The summed E-state index contributed by atoms with van der Waals surface area (Å²) in [5.74, 6) is 0. The van der Waals surface area contributed by atoms with Gasteiger partial charge in [0, 0.05) is 36.8 Å². The summed E-state index contributed by atoms with van der Waals surface area (Å²) in [5.41, 5.74) is 12.0. The molecule has 276 valence electrons. The van der Waals surface area contributed by atoms with E-state index in [4.69, 9.17) is 4.42 Å². The molecule has 2 nitrogen and oxygen atoms in total. The van der Waals surface area contributed by atoms with E-state index in [0.717, 1.165) is 55.7 Å². The average molecular weight is 770 g/mol. The molecule has 2 aromatic heterocycles. The molecule has 0 aliphatic heterocycles. The van der Waals surface area contributed by atoms with Gasteiger partial charge < -0.3 is 9.32 Å². The fourth-order valence-corrected chi connectivity index (χ4v) is 10.2. The third kappa shape index (κ3) is 5.55.